The average molecular weight is 207 g/mol. The highest BCUT2D eigenvalue weighted by atomic mass is 19.4. The number of carbonyl (C=O) groups is 1. The second-order valence-electron chi connectivity index (χ2n) is 2.81. The molecule has 4 nitrogen and oxygen atoms in total. The minimum absolute atomic E-state index is 0.0868. The lowest BCUT2D eigenvalue weighted by Crippen LogP contribution is -2.27. The van der Waals surface area contributed by atoms with Gasteiger partial charge < -0.3 is 5.73 Å². The molecule has 0 aliphatic rings. The first-order valence-electron chi connectivity index (χ1n) is 3.68. The Morgan fingerprint density at radius 1 is 1.43 bits per heavy atom. The van der Waals surface area contributed by atoms with Crippen LogP contribution in [0.15, 0.2) is 0 Å². The van der Waals surface area contributed by atoms with Crippen molar-refractivity contribution in [2.45, 2.75) is 20.0 Å². The third-order valence-corrected chi connectivity index (χ3v) is 1.84. The van der Waals surface area contributed by atoms with Crippen LogP contribution in [-0.4, -0.2) is 15.8 Å². The van der Waals surface area contributed by atoms with Crippen molar-refractivity contribution in [2.24, 2.45) is 5.73 Å². The van der Waals surface area contributed by atoms with Crippen LogP contribution in [0.4, 0.5) is 18.0 Å². The minimum Gasteiger partial charge on any atom is -0.350 e. The largest absolute Gasteiger partial charge is 0.433 e. The van der Waals surface area contributed by atoms with Crippen molar-refractivity contribution in [3.8, 4) is 0 Å². The number of carbonyl (C=O) groups excluding carboxylic acids is 1. The van der Waals surface area contributed by atoms with E-state index in [2.05, 4.69) is 5.10 Å². The van der Waals surface area contributed by atoms with Gasteiger partial charge in [-0.2, -0.15) is 23.0 Å². The van der Waals surface area contributed by atoms with E-state index in [9.17, 15) is 18.0 Å². The molecule has 14 heavy (non-hydrogen) atoms. The molecule has 1 heterocycles. The Balaban J connectivity index is 3.46. The van der Waals surface area contributed by atoms with Crippen molar-refractivity contribution in [3.63, 3.8) is 0 Å². The highest BCUT2D eigenvalue weighted by Gasteiger charge is 2.39. The number of hydrogen-bond donors (Lipinski definition) is 1. The number of nitrogens with zero attached hydrogens (tertiary/aromatic N) is 2. The summed E-state index contributed by atoms with van der Waals surface area (Å²) in [4.78, 5) is 10.7. The Kier molecular flexibility index (Phi) is 2.26. The molecule has 7 heteroatoms. The van der Waals surface area contributed by atoms with Crippen LogP contribution >= 0.6 is 0 Å². The summed E-state index contributed by atoms with van der Waals surface area (Å²) in [5.74, 6) is 0. The summed E-state index contributed by atoms with van der Waals surface area (Å²) < 4.78 is 37.4. The van der Waals surface area contributed by atoms with E-state index < -0.39 is 17.9 Å². The second kappa shape index (κ2) is 3.00. The Bertz CT molecular complexity index is 380. The van der Waals surface area contributed by atoms with Crippen molar-refractivity contribution in [3.05, 3.63) is 17.0 Å². The molecule has 0 radical (unpaired) electrons. The van der Waals surface area contributed by atoms with Gasteiger partial charge in [0.05, 0.1) is 5.69 Å². The van der Waals surface area contributed by atoms with Gasteiger partial charge in [-0.05, 0) is 13.8 Å². The zero-order chi connectivity index (χ0) is 11.1. The molecular weight excluding hydrogens is 199 g/mol. The summed E-state index contributed by atoms with van der Waals surface area (Å²) >= 11 is 0. The van der Waals surface area contributed by atoms with E-state index in [1.165, 1.54) is 13.8 Å². The van der Waals surface area contributed by atoms with Gasteiger partial charge in [-0.15, -0.1) is 0 Å². The molecule has 0 saturated carbocycles. The monoisotopic (exact) mass is 207 g/mol. The van der Waals surface area contributed by atoms with Crippen LogP contribution in [0.5, 0.6) is 0 Å². The van der Waals surface area contributed by atoms with Gasteiger partial charge in [0.1, 0.15) is 0 Å². The third kappa shape index (κ3) is 1.57. The third-order valence-electron chi connectivity index (χ3n) is 1.84. The van der Waals surface area contributed by atoms with Gasteiger partial charge >= 0.3 is 12.2 Å². The van der Waals surface area contributed by atoms with Gasteiger partial charge in [0.2, 0.25) is 0 Å². The van der Waals surface area contributed by atoms with Crippen LogP contribution in [0.25, 0.3) is 0 Å². The van der Waals surface area contributed by atoms with Gasteiger partial charge in [-0.1, -0.05) is 0 Å². The number of alkyl halides is 3. The van der Waals surface area contributed by atoms with Crippen molar-refractivity contribution >= 4 is 6.03 Å². The van der Waals surface area contributed by atoms with Gasteiger partial charge in [0, 0.05) is 5.56 Å². The smallest absolute Gasteiger partial charge is 0.350 e. The topological polar surface area (TPSA) is 60.9 Å². The van der Waals surface area contributed by atoms with Crippen molar-refractivity contribution in [1.29, 1.82) is 0 Å². The molecule has 0 atom stereocenters. The number of halogens is 3. The Morgan fingerprint density at radius 3 is 2.21 bits per heavy atom. The number of nitrogens with two attached hydrogens (primary N) is 1. The minimum atomic E-state index is -4.62. The fraction of sp³-hybridized carbons (Fsp3) is 0.429. The quantitative estimate of drug-likeness (QED) is 0.699. The van der Waals surface area contributed by atoms with Gasteiger partial charge in [-0.3, -0.25) is 0 Å². The zero-order valence-corrected chi connectivity index (χ0v) is 7.51. The fourth-order valence-corrected chi connectivity index (χ4v) is 1.10. The Hall–Kier alpha value is -1.53. The van der Waals surface area contributed by atoms with E-state index in [4.69, 9.17) is 5.73 Å². The lowest BCUT2D eigenvalue weighted by Gasteiger charge is -2.07. The van der Waals surface area contributed by atoms with E-state index in [0.717, 1.165) is 0 Å². The van der Waals surface area contributed by atoms with Crippen LogP contribution in [-0.2, 0) is 6.18 Å². The van der Waals surface area contributed by atoms with Crippen molar-refractivity contribution in [2.75, 3.05) is 0 Å². The first-order valence-corrected chi connectivity index (χ1v) is 3.68. The van der Waals surface area contributed by atoms with E-state index >= 15 is 0 Å². The predicted molar refractivity (Wildman–Crippen MR) is 41.7 cm³/mol. The molecule has 0 fully saturated rings. The normalized spacial score (nSPS) is 11.8. The zero-order valence-electron chi connectivity index (χ0n) is 7.51. The van der Waals surface area contributed by atoms with Crippen molar-refractivity contribution < 1.29 is 18.0 Å². The number of aryl methyl sites for hydroxylation is 1. The first kappa shape index (κ1) is 10.6. The fourth-order valence-electron chi connectivity index (χ4n) is 1.10. The molecule has 0 aliphatic carbocycles. The standard InChI is InChI=1S/C7H8F3N3O/c1-3-4(2)12-13(6(11)14)5(3)7(8,9)10/h1-2H3,(H2,11,14). The highest BCUT2D eigenvalue weighted by molar-refractivity contribution is 5.75. The summed E-state index contributed by atoms with van der Waals surface area (Å²) in [7, 11) is 0. The first-order chi connectivity index (χ1) is 6.25. The molecule has 0 aliphatic heterocycles. The maximum absolute atomic E-state index is 12.4. The average Bonchev–Trinajstić information content (AvgIpc) is 2.27. The molecule has 0 spiro atoms. The summed E-state index contributed by atoms with van der Waals surface area (Å²) in [6.45, 7) is 2.62. The maximum Gasteiger partial charge on any atom is 0.433 e. The SMILES string of the molecule is Cc1nn(C(N)=O)c(C(F)(F)F)c1C. The predicted octanol–water partition coefficient (Wildman–Crippen LogP) is 1.45. The molecule has 0 aromatic carbocycles. The van der Waals surface area contributed by atoms with E-state index in [1.54, 1.807) is 0 Å². The lowest BCUT2D eigenvalue weighted by molar-refractivity contribution is -0.143. The van der Waals surface area contributed by atoms with E-state index in [1.807, 2.05) is 0 Å². The number of primary amides is 1. The van der Waals surface area contributed by atoms with E-state index in [0.29, 0.717) is 0 Å². The van der Waals surface area contributed by atoms with Crippen molar-refractivity contribution in [1.82, 2.24) is 9.78 Å². The van der Waals surface area contributed by atoms with Crippen LogP contribution in [0.2, 0.25) is 0 Å². The van der Waals surface area contributed by atoms with Gasteiger partial charge in [0.25, 0.3) is 0 Å². The molecule has 2 N–H and O–H groups in total. The van der Waals surface area contributed by atoms with Crippen LogP contribution in [0, 0.1) is 13.8 Å². The Morgan fingerprint density at radius 2 is 1.93 bits per heavy atom. The summed E-state index contributed by atoms with van der Waals surface area (Å²) in [5, 5.41) is 3.40. The summed E-state index contributed by atoms with van der Waals surface area (Å²) in [6.07, 6.45) is -4.62. The number of rotatable bonds is 0. The molecule has 0 unspecified atom stereocenters. The molecule has 78 valence electrons. The molecule has 1 rings (SSSR count). The van der Waals surface area contributed by atoms with Gasteiger partial charge in [0.15, 0.2) is 5.69 Å². The highest BCUT2D eigenvalue weighted by Crippen LogP contribution is 2.32. The summed E-state index contributed by atoms with van der Waals surface area (Å²) in [6, 6.07) is -1.24. The Labute approximate surface area is 77.5 Å². The van der Waals surface area contributed by atoms with Crippen LogP contribution in [0.1, 0.15) is 17.0 Å². The van der Waals surface area contributed by atoms with Crippen LogP contribution < -0.4 is 5.73 Å². The lowest BCUT2D eigenvalue weighted by atomic mass is 10.2. The molecule has 1 amide bonds. The molecule has 1 aromatic heterocycles. The number of amides is 1. The number of hydrogen-bond acceptors (Lipinski definition) is 2. The van der Waals surface area contributed by atoms with Gasteiger partial charge in [-0.25, -0.2) is 4.79 Å². The molecule has 0 bridgehead atoms. The maximum atomic E-state index is 12.4. The number of aromatic nitrogens is 2. The summed E-state index contributed by atoms with van der Waals surface area (Å²) in [5.41, 5.74) is 3.69. The van der Waals surface area contributed by atoms with Crippen LogP contribution in [0.3, 0.4) is 0 Å². The van der Waals surface area contributed by atoms with E-state index in [-0.39, 0.29) is 15.9 Å². The molecule has 0 saturated heterocycles. The molecule has 1 aromatic rings. The second-order valence-corrected chi connectivity index (χ2v) is 2.81. The molecular formula is C7H8F3N3O.